The van der Waals surface area contributed by atoms with Crippen LogP contribution in [0.1, 0.15) is 73.9 Å². The fourth-order valence-electron chi connectivity index (χ4n) is 11.7. The minimum Gasteiger partial charge on any atom is -0.310 e. The van der Waals surface area contributed by atoms with Crippen LogP contribution < -0.4 is 4.90 Å². The van der Waals surface area contributed by atoms with Gasteiger partial charge < -0.3 is 4.90 Å². The second-order valence-electron chi connectivity index (χ2n) is 20.3. The molecule has 0 atom stereocenters. The molecule has 12 rings (SSSR count). The lowest BCUT2D eigenvalue weighted by atomic mass is 9.63. The summed E-state index contributed by atoms with van der Waals surface area (Å²) in [7, 11) is 0. The van der Waals surface area contributed by atoms with Crippen LogP contribution in [-0.4, -0.2) is 0 Å². The summed E-state index contributed by atoms with van der Waals surface area (Å²) in [5, 5.41) is 2.50. The highest BCUT2D eigenvalue weighted by atomic mass is 15.1. The molecule has 328 valence electrons. The van der Waals surface area contributed by atoms with Crippen molar-refractivity contribution in [2.45, 2.75) is 56.8 Å². The SMILES string of the molecule is CC1(C)CCC(C)(C)c2cc(-c3ccc(-c4cc5c(cc4N(c4ccccc4)c4ccc(-c6ccc7ccccc7c6)cc4)C(c4ccccc4)(c4ccccc4)c4ccccc4-5)cc3)ccc21. The Morgan fingerprint density at radius 1 is 0.309 bits per heavy atom. The molecule has 1 heteroatoms. The molecule has 0 aliphatic heterocycles. The van der Waals surface area contributed by atoms with Gasteiger partial charge in [0.1, 0.15) is 0 Å². The number of hydrogen-bond acceptors (Lipinski definition) is 1. The van der Waals surface area contributed by atoms with E-state index in [9.17, 15) is 0 Å². The molecule has 0 spiro atoms. The first-order chi connectivity index (χ1) is 33.2. The van der Waals surface area contributed by atoms with Gasteiger partial charge in [-0.3, -0.25) is 0 Å². The Balaban J connectivity index is 1.08. The lowest BCUT2D eigenvalue weighted by Crippen LogP contribution is -2.33. The molecule has 0 fully saturated rings. The van der Waals surface area contributed by atoms with Gasteiger partial charge in [-0.25, -0.2) is 0 Å². The zero-order valence-corrected chi connectivity index (χ0v) is 39.4. The maximum Gasteiger partial charge on any atom is 0.0714 e. The first-order valence-electron chi connectivity index (χ1n) is 24.3. The number of para-hydroxylation sites is 1. The van der Waals surface area contributed by atoms with Gasteiger partial charge >= 0.3 is 0 Å². The number of benzene rings is 10. The van der Waals surface area contributed by atoms with Crippen LogP contribution in [-0.2, 0) is 16.2 Å². The third kappa shape index (κ3) is 6.83. The number of nitrogens with zero attached hydrogens (tertiary/aromatic N) is 1. The maximum absolute atomic E-state index is 2.52. The number of fused-ring (bicyclic) bond motifs is 5. The van der Waals surface area contributed by atoms with Gasteiger partial charge in [0.2, 0.25) is 0 Å². The van der Waals surface area contributed by atoms with Crippen LogP contribution in [0, 0.1) is 0 Å². The van der Waals surface area contributed by atoms with Crippen molar-refractivity contribution in [3.05, 3.63) is 270 Å². The van der Waals surface area contributed by atoms with Crippen molar-refractivity contribution >= 4 is 27.8 Å². The van der Waals surface area contributed by atoms with Crippen LogP contribution >= 0.6 is 0 Å². The van der Waals surface area contributed by atoms with Crippen LogP contribution in [0.15, 0.2) is 237 Å². The first kappa shape index (κ1) is 41.7. The first-order valence-corrected chi connectivity index (χ1v) is 24.3. The Morgan fingerprint density at radius 3 is 1.49 bits per heavy atom. The Kier molecular flexibility index (Phi) is 9.96. The van der Waals surface area contributed by atoms with Crippen molar-refractivity contribution in [2.24, 2.45) is 0 Å². The summed E-state index contributed by atoms with van der Waals surface area (Å²) < 4.78 is 0. The summed E-state index contributed by atoms with van der Waals surface area (Å²) in [5.41, 5.74) is 20.9. The third-order valence-electron chi connectivity index (χ3n) is 15.4. The summed E-state index contributed by atoms with van der Waals surface area (Å²) in [6.07, 6.45) is 2.40. The van der Waals surface area contributed by atoms with E-state index in [0.717, 1.165) is 17.1 Å². The zero-order valence-electron chi connectivity index (χ0n) is 39.4. The van der Waals surface area contributed by atoms with E-state index in [1.165, 1.54) is 102 Å². The molecule has 0 aromatic heterocycles. The van der Waals surface area contributed by atoms with Gasteiger partial charge in [0.05, 0.1) is 11.1 Å². The molecule has 0 saturated carbocycles. The number of hydrogen-bond donors (Lipinski definition) is 0. The van der Waals surface area contributed by atoms with Gasteiger partial charge in [-0.1, -0.05) is 222 Å². The Bertz CT molecular complexity index is 3430. The topological polar surface area (TPSA) is 3.24 Å². The molecule has 10 aromatic rings. The molecular weight excluding hydrogens is 819 g/mol. The molecule has 68 heavy (non-hydrogen) atoms. The van der Waals surface area contributed by atoms with Crippen LogP contribution in [0.4, 0.5) is 17.1 Å². The van der Waals surface area contributed by atoms with Crippen molar-refractivity contribution in [2.75, 3.05) is 4.90 Å². The highest BCUT2D eigenvalue weighted by Gasteiger charge is 2.47. The quantitative estimate of drug-likeness (QED) is 0.147. The number of rotatable bonds is 8. The second kappa shape index (κ2) is 16.2. The van der Waals surface area contributed by atoms with Crippen molar-refractivity contribution in [3.8, 4) is 44.5 Å². The van der Waals surface area contributed by atoms with E-state index < -0.39 is 5.41 Å². The lowest BCUT2D eigenvalue weighted by Gasteiger charge is -2.42. The molecule has 1 nitrogen and oxygen atoms in total. The van der Waals surface area contributed by atoms with E-state index in [1.54, 1.807) is 0 Å². The van der Waals surface area contributed by atoms with E-state index in [4.69, 9.17) is 0 Å². The fraction of sp³-hybridized carbons (Fsp3) is 0.134. The van der Waals surface area contributed by atoms with E-state index in [1.807, 2.05) is 0 Å². The van der Waals surface area contributed by atoms with Gasteiger partial charge in [0.25, 0.3) is 0 Å². The summed E-state index contributed by atoms with van der Waals surface area (Å²) in [6, 6.07) is 88.5. The van der Waals surface area contributed by atoms with Crippen molar-refractivity contribution < 1.29 is 0 Å². The standard InChI is InChI=1S/C67H55N/c1-65(2)40-41-66(3,4)63-43-52(36-39-61(63)65)47-28-31-49(32-29-47)58-44-59-57-26-16-17-27-60(57)67(53-20-8-5-9-21-53,54-22-10-6-11-23-54)62(59)45-64(58)68(55-24-12-7-13-25-55)56-37-34-48(35-38-56)51-33-30-46-18-14-15-19-50(46)42-51/h5-39,42-45H,40-41H2,1-4H3. The largest absolute Gasteiger partial charge is 0.310 e. The fourth-order valence-corrected chi connectivity index (χ4v) is 11.7. The molecule has 2 aliphatic carbocycles. The Labute approximate surface area is 402 Å². The molecular formula is C67H55N. The molecule has 0 bridgehead atoms. The van der Waals surface area contributed by atoms with Crippen LogP contribution in [0.2, 0.25) is 0 Å². The van der Waals surface area contributed by atoms with E-state index >= 15 is 0 Å². The normalized spacial score (nSPS) is 15.0. The maximum atomic E-state index is 2.52. The van der Waals surface area contributed by atoms with Gasteiger partial charge in [0, 0.05) is 16.9 Å². The van der Waals surface area contributed by atoms with Crippen molar-refractivity contribution in [1.29, 1.82) is 0 Å². The summed E-state index contributed by atoms with van der Waals surface area (Å²) in [5.74, 6) is 0. The average molecular weight is 874 g/mol. The van der Waals surface area contributed by atoms with E-state index in [0.29, 0.717) is 0 Å². The van der Waals surface area contributed by atoms with Gasteiger partial charge in [-0.15, -0.1) is 0 Å². The highest BCUT2D eigenvalue weighted by Crippen LogP contribution is 2.59. The Morgan fingerprint density at radius 2 is 0.809 bits per heavy atom. The molecule has 0 saturated heterocycles. The highest BCUT2D eigenvalue weighted by molar-refractivity contribution is 5.97. The van der Waals surface area contributed by atoms with E-state index in [-0.39, 0.29) is 10.8 Å². The Hall–Kier alpha value is -7.74. The summed E-state index contributed by atoms with van der Waals surface area (Å²) in [6.45, 7) is 9.65. The van der Waals surface area contributed by atoms with E-state index in [2.05, 4.69) is 269 Å². The molecule has 2 aliphatic rings. The van der Waals surface area contributed by atoms with Crippen molar-refractivity contribution in [3.63, 3.8) is 0 Å². The monoisotopic (exact) mass is 873 g/mol. The molecule has 0 radical (unpaired) electrons. The zero-order chi connectivity index (χ0) is 46.0. The smallest absolute Gasteiger partial charge is 0.0714 e. The van der Waals surface area contributed by atoms with Crippen LogP contribution in [0.5, 0.6) is 0 Å². The lowest BCUT2D eigenvalue weighted by molar-refractivity contribution is 0.332. The van der Waals surface area contributed by atoms with Gasteiger partial charge in [0.15, 0.2) is 0 Å². The number of anilines is 3. The average Bonchev–Trinajstić information content (AvgIpc) is 3.68. The molecule has 10 aromatic carbocycles. The minimum atomic E-state index is -0.553. The van der Waals surface area contributed by atoms with Gasteiger partial charge in [-0.2, -0.15) is 0 Å². The van der Waals surface area contributed by atoms with Gasteiger partial charge in [-0.05, 0) is 149 Å². The molecule has 0 unspecified atom stereocenters. The summed E-state index contributed by atoms with van der Waals surface area (Å²) in [4.78, 5) is 2.48. The molecule has 0 amide bonds. The predicted octanol–water partition coefficient (Wildman–Crippen LogP) is 18.0. The second-order valence-corrected chi connectivity index (χ2v) is 20.3. The van der Waals surface area contributed by atoms with Crippen LogP contribution in [0.25, 0.3) is 55.3 Å². The van der Waals surface area contributed by atoms with Crippen LogP contribution in [0.3, 0.4) is 0 Å². The predicted molar refractivity (Wildman–Crippen MR) is 288 cm³/mol. The molecule has 0 heterocycles. The minimum absolute atomic E-state index is 0.139. The van der Waals surface area contributed by atoms with Crippen molar-refractivity contribution in [1.82, 2.24) is 0 Å². The third-order valence-corrected chi connectivity index (χ3v) is 15.4. The summed E-state index contributed by atoms with van der Waals surface area (Å²) >= 11 is 0. The molecule has 0 N–H and O–H groups in total.